The summed E-state index contributed by atoms with van der Waals surface area (Å²) in [4.78, 5) is 10.2. The van der Waals surface area contributed by atoms with E-state index >= 15 is 0 Å². The van der Waals surface area contributed by atoms with E-state index in [0.717, 1.165) is 11.1 Å². The molecule has 5 heteroatoms. The third-order valence-electron chi connectivity index (χ3n) is 2.48. The van der Waals surface area contributed by atoms with Gasteiger partial charge < -0.3 is 9.67 Å². The molecular formula is C12H12N2O3. The first-order valence-electron chi connectivity index (χ1n) is 5.18. The molecule has 0 aliphatic heterocycles. The highest BCUT2D eigenvalue weighted by atomic mass is 16.6. The van der Waals surface area contributed by atoms with E-state index < -0.39 is 4.92 Å². The molecule has 0 unspecified atom stereocenters. The van der Waals surface area contributed by atoms with E-state index in [1.165, 1.54) is 6.07 Å². The zero-order valence-electron chi connectivity index (χ0n) is 9.11. The van der Waals surface area contributed by atoms with Gasteiger partial charge in [0.25, 0.3) is 5.69 Å². The fourth-order valence-corrected chi connectivity index (χ4v) is 1.66. The number of hydrogen-bond acceptors (Lipinski definition) is 3. The Bertz CT molecular complexity index is 534. The van der Waals surface area contributed by atoms with Crippen LogP contribution in [-0.4, -0.2) is 14.6 Å². The zero-order chi connectivity index (χ0) is 12.3. The van der Waals surface area contributed by atoms with Gasteiger partial charge in [-0.15, -0.1) is 0 Å². The summed E-state index contributed by atoms with van der Waals surface area (Å²) in [5.74, 6) is 0. The van der Waals surface area contributed by atoms with Gasteiger partial charge in [-0.2, -0.15) is 0 Å². The van der Waals surface area contributed by atoms with Gasteiger partial charge in [-0.1, -0.05) is 12.1 Å². The molecule has 0 amide bonds. The maximum Gasteiger partial charge on any atom is 0.269 e. The van der Waals surface area contributed by atoms with Gasteiger partial charge in [-0.05, 0) is 17.2 Å². The van der Waals surface area contributed by atoms with E-state index in [2.05, 4.69) is 0 Å². The molecule has 0 fully saturated rings. The number of aromatic nitrogens is 1. The molecule has 0 aliphatic rings. The SMILES string of the molecule is O=[N+]([O-])c1cccc(Cn2ccc(CO)c2)c1. The van der Waals surface area contributed by atoms with Crippen molar-refractivity contribution >= 4 is 5.69 Å². The number of hydrogen-bond donors (Lipinski definition) is 1. The normalized spacial score (nSPS) is 10.4. The highest BCUT2D eigenvalue weighted by molar-refractivity contribution is 5.34. The lowest BCUT2D eigenvalue weighted by atomic mass is 10.2. The van der Waals surface area contributed by atoms with Crippen LogP contribution in [0, 0.1) is 10.1 Å². The lowest BCUT2D eigenvalue weighted by molar-refractivity contribution is -0.384. The van der Waals surface area contributed by atoms with Crippen LogP contribution in [0.25, 0.3) is 0 Å². The summed E-state index contributed by atoms with van der Waals surface area (Å²) >= 11 is 0. The van der Waals surface area contributed by atoms with Crippen LogP contribution in [0.3, 0.4) is 0 Å². The van der Waals surface area contributed by atoms with Crippen LogP contribution < -0.4 is 0 Å². The van der Waals surface area contributed by atoms with Crippen LogP contribution in [0.2, 0.25) is 0 Å². The van der Waals surface area contributed by atoms with E-state index in [1.54, 1.807) is 12.1 Å². The highest BCUT2D eigenvalue weighted by Crippen LogP contribution is 2.14. The van der Waals surface area contributed by atoms with Crippen molar-refractivity contribution in [3.63, 3.8) is 0 Å². The number of nitro groups is 1. The number of nitrogens with zero attached hydrogens (tertiary/aromatic N) is 2. The van der Waals surface area contributed by atoms with Crippen molar-refractivity contribution in [2.45, 2.75) is 13.2 Å². The summed E-state index contributed by atoms with van der Waals surface area (Å²) in [6.45, 7) is 0.559. The third kappa shape index (κ3) is 2.70. The quantitative estimate of drug-likeness (QED) is 0.647. The Labute approximate surface area is 98.1 Å². The first-order valence-corrected chi connectivity index (χ1v) is 5.18. The smallest absolute Gasteiger partial charge is 0.269 e. The first kappa shape index (κ1) is 11.3. The van der Waals surface area contributed by atoms with E-state index in [0.29, 0.717) is 6.54 Å². The van der Waals surface area contributed by atoms with Crippen LogP contribution in [0.4, 0.5) is 5.69 Å². The van der Waals surface area contributed by atoms with Crippen molar-refractivity contribution in [3.05, 3.63) is 64.0 Å². The molecule has 2 rings (SSSR count). The van der Waals surface area contributed by atoms with Crippen LogP contribution in [0.5, 0.6) is 0 Å². The fraction of sp³-hybridized carbons (Fsp3) is 0.167. The molecule has 88 valence electrons. The van der Waals surface area contributed by atoms with Crippen LogP contribution >= 0.6 is 0 Å². The minimum absolute atomic E-state index is 0.00192. The standard InChI is InChI=1S/C12H12N2O3/c15-9-11-4-5-13(8-11)7-10-2-1-3-12(6-10)14(16)17/h1-6,8,15H,7,9H2. The number of benzene rings is 1. The second-order valence-electron chi connectivity index (χ2n) is 3.78. The van der Waals surface area contributed by atoms with Crippen molar-refractivity contribution in [3.8, 4) is 0 Å². The van der Waals surface area contributed by atoms with Gasteiger partial charge in [-0.3, -0.25) is 10.1 Å². The Hall–Kier alpha value is -2.14. The average molecular weight is 232 g/mol. The number of non-ortho nitro benzene ring substituents is 1. The van der Waals surface area contributed by atoms with E-state index in [9.17, 15) is 10.1 Å². The summed E-state index contributed by atoms with van der Waals surface area (Å²) in [5.41, 5.74) is 1.78. The Morgan fingerprint density at radius 2 is 2.12 bits per heavy atom. The minimum atomic E-state index is -0.404. The molecule has 0 aliphatic carbocycles. The molecule has 0 saturated carbocycles. The molecule has 0 spiro atoms. The molecule has 17 heavy (non-hydrogen) atoms. The monoisotopic (exact) mass is 232 g/mol. The van der Waals surface area contributed by atoms with Crippen molar-refractivity contribution in [2.75, 3.05) is 0 Å². The van der Waals surface area contributed by atoms with Crippen LogP contribution in [0.15, 0.2) is 42.7 Å². The molecule has 0 bridgehead atoms. The van der Waals surface area contributed by atoms with Crippen molar-refractivity contribution in [2.24, 2.45) is 0 Å². The Morgan fingerprint density at radius 1 is 1.29 bits per heavy atom. The summed E-state index contributed by atoms with van der Waals surface area (Å²) in [5, 5.41) is 19.6. The van der Waals surface area contributed by atoms with Gasteiger partial charge in [0, 0.05) is 31.1 Å². The summed E-state index contributed by atoms with van der Waals surface area (Å²) in [6, 6.07) is 8.35. The van der Waals surface area contributed by atoms with Crippen molar-refractivity contribution in [1.29, 1.82) is 0 Å². The fourth-order valence-electron chi connectivity index (χ4n) is 1.66. The predicted molar refractivity (Wildman–Crippen MR) is 62.6 cm³/mol. The van der Waals surface area contributed by atoms with Gasteiger partial charge in [0.1, 0.15) is 0 Å². The van der Waals surface area contributed by atoms with E-state index in [4.69, 9.17) is 5.11 Å². The number of aliphatic hydroxyl groups is 1. The van der Waals surface area contributed by atoms with Gasteiger partial charge in [0.05, 0.1) is 11.5 Å². The van der Waals surface area contributed by atoms with Gasteiger partial charge >= 0.3 is 0 Å². The highest BCUT2D eigenvalue weighted by Gasteiger charge is 2.05. The second kappa shape index (κ2) is 4.80. The first-order chi connectivity index (χ1) is 8.19. The van der Waals surface area contributed by atoms with Crippen LogP contribution in [0.1, 0.15) is 11.1 Å². The van der Waals surface area contributed by atoms with Crippen molar-refractivity contribution < 1.29 is 10.0 Å². The summed E-state index contributed by atoms with van der Waals surface area (Å²) < 4.78 is 1.88. The molecule has 0 radical (unpaired) electrons. The molecule has 2 aromatic rings. The molecule has 0 atom stereocenters. The lowest BCUT2D eigenvalue weighted by Crippen LogP contribution is -1.97. The third-order valence-corrected chi connectivity index (χ3v) is 2.48. The summed E-state index contributed by atoms with van der Waals surface area (Å²) in [6.07, 6.45) is 3.66. The van der Waals surface area contributed by atoms with Gasteiger partial charge in [0.15, 0.2) is 0 Å². The lowest BCUT2D eigenvalue weighted by Gasteiger charge is -2.02. The van der Waals surface area contributed by atoms with E-state index in [1.807, 2.05) is 29.1 Å². The van der Waals surface area contributed by atoms with Crippen molar-refractivity contribution in [1.82, 2.24) is 4.57 Å². The maximum absolute atomic E-state index is 10.6. The number of nitro benzene ring substituents is 1. The predicted octanol–water partition coefficient (Wildman–Crippen LogP) is 1.94. The second-order valence-corrected chi connectivity index (χ2v) is 3.78. The number of aliphatic hydroxyl groups excluding tert-OH is 1. The van der Waals surface area contributed by atoms with Gasteiger partial charge in [0.2, 0.25) is 0 Å². The topological polar surface area (TPSA) is 68.3 Å². The Balaban J connectivity index is 2.18. The summed E-state index contributed by atoms with van der Waals surface area (Å²) in [7, 11) is 0. The molecule has 1 aromatic heterocycles. The molecule has 1 N–H and O–H groups in total. The molecular weight excluding hydrogens is 220 g/mol. The average Bonchev–Trinajstić information content (AvgIpc) is 2.77. The molecule has 1 aromatic carbocycles. The maximum atomic E-state index is 10.6. The minimum Gasteiger partial charge on any atom is -0.392 e. The Morgan fingerprint density at radius 3 is 2.76 bits per heavy atom. The van der Waals surface area contributed by atoms with Crippen LogP contribution in [-0.2, 0) is 13.2 Å². The largest absolute Gasteiger partial charge is 0.392 e. The molecule has 1 heterocycles. The number of rotatable bonds is 4. The molecule has 0 saturated heterocycles. The van der Waals surface area contributed by atoms with Gasteiger partial charge in [-0.25, -0.2) is 0 Å². The molecule has 5 nitrogen and oxygen atoms in total. The van der Waals surface area contributed by atoms with E-state index in [-0.39, 0.29) is 12.3 Å². The zero-order valence-corrected chi connectivity index (χ0v) is 9.11. The Kier molecular flexibility index (Phi) is 3.20.